The second kappa shape index (κ2) is 5.30. The van der Waals surface area contributed by atoms with Gasteiger partial charge in [0.25, 0.3) is 0 Å². The Bertz CT molecular complexity index is 462. The summed E-state index contributed by atoms with van der Waals surface area (Å²) < 4.78 is 1.10. The van der Waals surface area contributed by atoms with Gasteiger partial charge in [0, 0.05) is 16.5 Å². The van der Waals surface area contributed by atoms with E-state index in [0.717, 1.165) is 28.0 Å². The lowest BCUT2D eigenvalue weighted by molar-refractivity contribution is 0.763. The lowest BCUT2D eigenvalue weighted by Crippen LogP contribution is -1.87. The van der Waals surface area contributed by atoms with Crippen molar-refractivity contribution in [1.82, 2.24) is 9.97 Å². The number of nitrogens with one attached hydrogen (secondary N) is 1. The number of halogens is 1. The summed E-state index contributed by atoms with van der Waals surface area (Å²) >= 11 is 3.55. The van der Waals surface area contributed by atoms with Crippen LogP contribution in [0.1, 0.15) is 25.6 Å². The Morgan fingerprint density at radius 1 is 1.31 bits per heavy atom. The van der Waals surface area contributed by atoms with E-state index in [2.05, 4.69) is 38.9 Å². The summed E-state index contributed by atoms with van der Waals surface area (Å²) in [6, 6.07) is 8.18. The van der Waals surface area contributed by atoms with Crippen LogP contribution in [-0.2, 0) is 6.42 Å². The SMILES string of the molecule is CCCCc1ncc(-c2ccccc2Br)[nH]1. The molecule has 0 saturated heterocycles. The molecule has 0 amide bonds. The zero-order valence-electron chi connectivity index (χ0n) is 9.33. The lowest BCUT2D eigenvalue weighted by atomic mass is 10.2. The number of aromatic nitrogens is 2. The van der Waals surface area contributed by atoms with E-state index in [-0.39, 0.29) is 0 Å². The summed E-state index contributed by atoms with van der Waals surface area (Å²) in [5.74, 6) is 1.08. The molecule has 0 aliphatic rings. The number of benzene rings is 1. The molecule has 1 N–H and O–H groups in total. The van der Waals surface area contributed by atoms with Gasteiger partial charge >= 0.3 is 0 Å². The maximum atomic E-state index is 4.39. The molecular formula is C13H15BrN2. The molecule has 1 heterocycles. The average Bonchev–Trinajstić information content (AvgIpc) is 2.75. The predicted octanol–water partition coefficient (Wildman–Crippen LogP) is 4.18. The van der Waals surface area contributed by atoms with Crippen LogP contribution in [0.15, 0.2) is 34.9 Å². The Kier molecular flexibility index (Phi) is 3.78. The fourth-order valence-electron chi connectivity index (χ4n) is 1.65. The fraction of sp³-hybridized carbons (Fsp3) is 0.308. The standard InChI is InChI=1S/C13H15BrN2/c1-2-3-8-13-15-9-12(16-13)10-6-4-5-7-11(10)14/h4-7,9H,2-3,8H2,1H3,(H,15,16). The molecule has 2 nitrogen and oxygen atoms in total. The van der Waals surface area contributed by atoms with Crippen molar-refractivity contribution in [1.29, 1.82) is 0 Å². The second-order valence-electron chi connectivity index (χ2n) is 3.83. The third kappa shape index (κ3) is 2.53. The number of nitrogens with zero attached hydrogens (tertiary/aromatic N) is 1. The number of H-pyrrole nitrogens is 1. The number of aromatic amines is 1. The summed E-state index contributed by atoms with van der Waals surface area (Å²) in [6.45, 7) is 2.19. The highest BCUT2D eigenvalue weighted by atomic mass is 79.9. The largest absolute Gasteiger partial charge is 0.342 e. The summed E-state index contributed by atoms with van der Waals surface area (Å²) in [7, 11) is 0. The predicted molar refractivity (Wildman–Crippen MR) is 70.3 cm³/mol. The maximum Gasteiger partial charge on any atom is 0.106 e. The molecular weight excluding hydrogens is 264 g/mol. The van der Waals surface area contributed by atoms with Crippen LogP contribution in [0.5, 0.6) is 0 Å². The first-order valence-corrected chi connectivity index (χ1v) is 6.39. The molecule has 16 heavy (non-hydrogen) atoms. The number of hydrogen-bond donors (Lipinski definition) is 1. The van der Waals surface area contributed by atoms with Crippen molar-refractivity contribution < 1.29 is 0 Å². The molecule has 0 saturated carbocycles. The summed E-state index contributed by atoms with van der Waals surface area (Å²) in [5, 5.41) is 0. The van der Waals surface area contributed by atoms with Gasteiger partial charge in [0.2, 0.25) is 0 Å². The van der Waals surface area contributed by atoms with Gasteiger partial charge in [-0.25, -0.2) is 4.98 Å². The second-order valence-corrected chi connectivity index (χ2v) is 4.68. The Labute approximate surface area is 104 Å². The van der Waals surface area contributed by atoms with E-state index in [4.69, 9.17) is 0 Å². The average molecular weight is 279 g/mol. The zero-order valence-corrected chi connectivity index (χ0v) is 10.9. The van der Waals surface area contributed by atoms with Gasteiger partial charge in [-0.05, 0) is 12.5 Å². The Morgan fingerprint density at radius 3 is 2.88 bits per heavy atom. The highest BCUT2D eigenvalue weighted by Crippen LogP contribution is 2.26. The van der Waals surface area contributed by atoms with Crippen molar-refractivity contribution in [3.8, 4) is 11.3 Å². The molecule has 0 bridgehead atoms. The van der Waals surface area contributed by atoms with Crippen LogP contribution in [0.2, 0.25) is 0 Å². The topological polar surface area (TPSA) is 28.7 Å². The molecule has 2 aromatic rings. The van der Waals surface area contributed by atoms with Gasteiger partial charge in [0.15, 0.2) is 0 Å². The third-order valence-electron chi connectivity index (χ3n) is 2.56. The van der Waals surface area contributed by atoms with Crippen molar-refractivity contribution in [2.24, 2.45) is 0 Å². The summed E-state index contributed by atoms with van der Waals surface area (Å²) in [6.07, 6.45) is 5.32. The highest BCUT2D eigenvalue weighted by molar-refractivity contribution is 9.10. The molecule has 1 aromatic carbocycles. The minimum atomic E-state index is 1.03. The number of hydrogen-bond acceptors (Lipinski definition) is 1. The van der Waals surface area contributed by atoms with E-state index in [1.165, 1.54) is 12.8 Å². The first-order valence-electron chi connectivity index (χ1n) is 5.60. The highest BCUT2D eigenvalue weighted by Gasteiger charge is 2.05. The molecule has 2 rings (SSSR count). The van der Waals surface area contributed by atoms with Gasteiger partial charge < -0.3 is 4.98 Å². The normalized spacial score (nSPS) is 10.6. The molecule has 0 fully saturated rings. The van der Waals surface area contributed by atoms with Crippen molar-refractivity contribution in [2.75, 3.05) is 0 Å². The van der Waals surface area contributed by atoms with Gasteiger partial charge in [0.05, 0.1) is 11.9 Å². The lowest BCUT2D eigenvalue weighted by Gasteiger charge is -2.00. The van der Waals surface area contributed by atoms with Crippen LogP contribution in [0, 0.1) is 0 Å². The van der Waals surface area contributed by atoms with Gasteiger partial charge in [-0.3, -0.25) is 0 Å². The van der Waals surface area contributed by atoms with Crippen LogP contribution in [0.3, 0.4) is 0 Å². The smallest absolute Gasteiger partial charge is 0.106 e. The van der Waals surface area contributed by atoms with Crippen LogP contribution in [-0.4, -0.2) is 9.97 Å². The Hall–Kier alpha value is -1.09. The van der Waals surface area contributed by atoms with E-state index in [1.807, 2.05) is 24.4 Å². The first-order chi connectivity index (χ1) is 7.81. The molecule has 0 aliphatic heterocycles. The molecule has 0 radical (unpaired) electrons. The van der Waals surface area contributed by atoms with E-state index in [1.54, 1.807) is 0 Å². The maximum absolute atomic E-state index is 4.39. The van der Waals surface area contributed by atoms with Crippen LogP contribution >= 0.6 is 15.9 Å². The monoisotopic (exact) mass is 278 g/mol. The third-order valence-corrected chi connectivity index (χ3v) is 3.25. The van der Waals surface area contributed by atoms with E-state index in [9.17, 15) is 0 Å². The summed E-state index contributed by atoms with van der Waals surface area (Å²) in [4.78, 5) is 7.76. The zero-order chi connectivity index (χ0) is 11.4. The van der Waals surface area contributed by atoms with Crippen LogP contribution < -0.4 is 0 Å². The first kappa shape index (κ1) is 11.4. The molecule has 1 aromatic heterocycles. The van der Waals surface area contributed by atoms with Crippen molar-refractivity contribution >= 4 is 15.9 Å². The number of aryl methyl sites for hydroxylation is 1. The molecule has 0 unspecified atom stereocenters. The molecule has 84 valence electrons. The van der Waals surface area contributed by atoms with Crippen LogP contribution in [0.25, 0.3) is 11.3 Å². The minimum Gasteiger partial charge on any atom is -0.342 e. The minimum absolute atomic E-state index is 1.03. The Balaban J connectivity index is 2.22. The van der Waals surface area contributed by atoms with Crippen molar-refractivity contribution in [3.05, 3.63) is 40.8 Å². The van der Waals surface area contributed by atoms with Crippen molar-refractivity contribution in [2.45, 2.75) is 26.2 Å². The summed E-state index contributed by atoms with van der Waals surface area (Å²) in [5.41, 5.74) is 2.25. The number of unbranched alkanes of at least 4 members (excludes halogenated alkanes) is 1. The quantitative estimate of drug-likeness (QED) is 0.893. The molecule has 0 spiro atoms. The molecule has 0 aliphatic carbocycles. The Morgan fingerprint density at radius 2 is 2.12 bits per heavy atom. The van der Waals surface area contributed by atoms with Crippen LogP contribution in [0.4, 0.5) is 0 Å². The number of rotatable bonds is 4. The van der Waals surface area contributed by atoms with Gasteiger partial charge in [-0.15, -0.1) is 0 Å². The van der Waals surface area contributed by atoms with Gasteiger partial charge in [-0.1, -0.05) is 47.5 Å². The molecule has 0 atom stereocenters. The molecule has 3 heteroatoms. The van der Waals surface area contributed by atoms with E-state index >= 15 is 0 Å². The van der Waals surface area contributed by atoms with Crippen molar-refractivity contribution in [3.63, 3.8) is 0 Å². The van der Waals surface area contributed by atoms with Gasteiger partial charge in [0.1, 0.15) is 5.82 Å². The van der Waals surface area contributed by atoms with E-state index < -0.39 is 0 Å². The number of imidazole rings is 1. The van der Waals surface area contributed by atoms with Gasteiger partial charge in [-0.2, -0.15) is 0 Å². The van der Waals surface area contributed by atoms with E-state index in [0.29, 0.717) is 0 Å². The fourth-order valence-corrected chi connectivity index (χ4v) is 2.15.